The lowest BCUT2D eigenvalue weighted by Gasteiger charge is -2.36. The number of hydrogen-bond acceptors (Lipinski definition) is 6. The van der Waals surface area contributed by atoms with Crippen molar-refractivity contribution >= 4 is 21.6 Å². The van der Waals surface area contributed by atoms with Crippen LogP contribution in [0.3, 0.4) is 0 Å². The number of piperazine rings is 1. The first kappa shape index (κ1) is 14.5. The molecule has 1 saturated heterocycles. The number of thiophene rings is 1. The molecule has 1 unspecified atom stereocenters. The standard InChI is InChI=1S/C16H17N5OS/c22-16-15-12(3-8-23-15)19-14(20-16)10-21-7-6-18-9-13(21)11-1-4-17-5-2-11/h1-5,8,13,18H,6-7,9-10H2,(H,19,20,22). The van der Waals surface area contributed by atoms with Crippen molar-refractivity contribution in [3.05, 3.63) is 57.7 Å². The molecule has 4 rings (SSSR count). The van der Waals surface area contributed by atoms with E-state index in [-0.39, 0.29) is 11.6 Å². The highest BCUT2D eigenvalue weighted by Gasteiger charge is 2.24. The quantitative estimate of drug-likeness (QED) is 0.763. The lowest BCUT2D eigenvalue weighted by molar-refractivity contribution is 0.150. The Bertz CT molecular complexity index is 860. The molecule has 0 saturated carbocycles. The van der Waals surface area contributed by atoms with Gasteiger partial charge in [-0.05, 0) is 29.1 Å². The van der Waals surface area contributed by atoms with Crippen LogP contribution in [-0.2, 0) is 6.54 Å². The van der Waals surface area contributed by atoms with Crippen LogP contribution in [0.2, 0.25) is 0 Å². The molecule has 0 bridgehead atoms. The van der Waals surface area contributed by atoms with Gasteiger partial charge in [-0.25, -0.2) is 4.98 Å². The van der Waals surface area contributed by atoms with Gasteiger partial charge in [-0.1, -0.05) is 0 Å². The smallest absolute Gasteiger partial charge is 0.268 e. The topological polar surface area (TPSA) is 73.9 Å². The van der Waals surface area contributed by atoms with Crippen LogP contribution in [-0.4, -0.2) is 39.5 Å². The van der Waals surface area contributed by atoms with Crippen molar-refractivity contribution in [3.8, 4) is 0 Å². The van der Waals surface area contributed by atoms with Crippen molar-refractivity contribution in [2.24, 2.45) is 0 Å². The summed E-state index contributed by atoms with van der Waals surface area (Å²) in [6.45, 7) is 3.37. The maximum absolute atomic E-state index is 12.1. The average molecular weight is 327 g/mol. The van der Waals surface area contributed by atoms with E-state index in [0.717, 1.165) is 31.0 Å². The molecule has 0 spiro atoms. The summed E-state index contributed by atoms with van der Waals surface area (Å²) < 4.78 is 0.694. The fourth-order valence-electron chi connectivity index (χ4n) is 3.04. The summed E-state index contributed by atoms with van der Waals surface area (Å²) in [5, 5.41) is 5.34. The number of H-pyrrole nitrogens is 1. The third-order valence-electron chi connectivity index (χ3n) is 4.16. The van der Waals surface area contributed by atoms with Crippen molar-refractivity contribution in [1.82, 2.24) is 25.2 Å². The Balaban J connectivity index is 1.63. The van der Waals surface area contributed by atoms with Crippen LogP contribution in [0.1, 0.15) is 17.4 Å². The molecule has 1 aliphatic heterocycles. The molecule has 23 heavy (non-hydrogen) atoms. The largest absolute Gasteiger partial charge is 0.314 e. The van der Waals surface area contributed by atoms with Gasteiger partial charge < -0.3 is 10.3 Å². The molecule has 4 heterocycles. The number of aromatic amines is 1. The minimum Gasteiger partial charge on any atom is -0.314 e. The van der Waals surface area contributed by atoms with Gasteiger partial charge in [0.2, 0.25) is 0 Å². The monoisotopic (exact) mass is 327 g/mol. The zero-order valence-corrected chi connectivity index (χ0v) is 13.3. The van der Waals surface area contributed by atoms with E-state index in [9.17, 15) is 4.79 Å². The van der Waals surface area contributed by atoms with Gasteiger partial charge in [0, 0.05) is 38.1 Å². The second-order valence-corrected chi connectivity index (χ2v) is 6.53. The second-order valence-electron chi connectivity index (χ2n) is 5.62. The maximum Gasteiger partial charge on any atom is 0.268 e. The molecular formula is C16H17N5OS. The minimum absolute atomic E-state index is 0.0457. The minimum atomic E-state index is -0.0457. The van der Waals surface area contributed by atoms with Crippen molar-refractivity contribution in [3.63, 3.8) is 0 Å². The van der Waals surface area contributed by atoms with Crippen LogP contribution >= 0.6 is 11.3 Å². The molecule has 1 atom stereocenters. The number of pyridine rings is 1. The second kappa shape index (κ2) is 6.19. The van der Waals surface area contributed by atoms with Crippen LogP contribution in [0.4, 0.5) is 0 Å². The zero-order valence-electron chi connectivity index (χ0n) is 12.5. The summed E-state index contributed by atoms with van der Waals surface area (Å²) in [5.74, 6) is 0.724. The van der Waals surface area contributed by atoms with E-state index in [4.69, 9.17) is 0 Å². The first-order chi connectivity index (χ1) is 11.3. The molecule has 0 aromatic carbocycles. The van der Waals surface area contributed by atoms with Gasteiger partial charge in [-0.2, -0.15) is 0 Å². The van der Waals surface area contributed by atoms with E-state index in [1.807, 2.05) is 36.0 Å². The van der Waals surface area contributed by atoms with Crippen molar-refractivity contribution in [2.75, 3.05) is 19.6 Å². The fraction of sp³-hybridized carbons (Fsp3) is 0.312. The lowest BCUT2D eigenvalue weighted by Crippen LogP contribution is -2.45. The molecule has 0 radical (unpaired) electrons. The van der Waals surface area contributed by atoms with Crippen LogP contribution in [0.25, 0.3) is 10.2 Å². The van der Waals surface area contributed by atoms with Crippen molar-refractivity contribution in [2.45, 2.75) is 12.6 Å². The first-order valence-corrected chi connectivity index (χ1v) is 8.50. The van der Waals surface area contributed by atoms with Crippen molar-refractivity contribution in [1.29, 1.82) is 0 Å². The van der Waals surface area contributed by atoms with Gasteiger partial charge in [-0.15, -0.1) is 11.3 Å². The Hall–Kier alpha value is -2.09. The molecule has 3 aromatic heterocycles. The summed E-state index contributed by atoms with van der Waals surface area (Å²) in [5.41, 5.74) is 1.96. The molecule has 1 aliphatic rings. The van der Waals surface area contributed by atoms with E-state index >= 15 is 0 Å². The summed E-state index contributed by atoms with van der Waals surface area (Å²) in [6.07, 6.45) is 3.64. The highest BCUT2D eigenvalue weighted by atomic mass is 32.1. The summed E-state index contributed by atoms with van der Waals surface area (Å²) in [6, 6.07) is 6.25. The van der Waals surface area contributed by atoms with E-state index in [1.165, 1.54) is 16.9 Å². The Morgan fingerprint density at radius 2 is 2.17 bits per heavy atom. The predicted octanol–water partition coefficient (Wildman–Crippen LogP) is 1.53. The van der Waals surface area contributed by atoms with Gasteiger partial charge in [-0.3, -0.25) is 14.7 Å². The number of nitrogens with one attached hydrogen (secondary N) is 2. The van der Waals surface area contributed by atoms with Gasteiger partial charge in [0.1, 0.15) is 10.5 Å². The molecule has 1 fully saturated rings. The number of aromatic nitrogens is 3. The molecule has 7 heteroatoms. The van der Waals surface area contributed by atoms with E-state index in [1.54, 1.807) is 0 Å². The number of hydrogen-bond donors (Lipinski definition) is 2. The maximum atomic E-state index is 12.1. The number of fused-ring (bicyclic) bond motifs is 1. The molecule has 2 N–H and O–H groups in total. The molecular weight excluding hydrogens is 310 g/mol. The van der Waals surface area contributed by atoms with E-state index in [0.29, 0.717) is 11.2 Å². The van der Waals surface area contributed by atoms with Gasteiger partial charge in [0.25, 0.3) is 5.56 Å². The third kappa shape index (κ3) is 2.90. The lowest BCUT2D eigenvalue weighted by atomic mass is 10.0. The van der Waals surface area contributed by atoms with Crippen molar-refractivity contribution < 1.29 is 0 Å². The molecule has 0 amide bonds. The molecule has 0 aliphatic carbocycles. The Morgan fingerprint density at radius 1 is 1.30 bits per heavy atom. The number of nitrogens with zero attached hydrogens (tertiary/aromatic N) is 3. The van der Waals surface area contributed by atoms with Gasteiger partial charge >= 0.3 is 0 Å². The Labute approximate surface area is 137 Å². The highest BCUT2D eigenvalue weighted by molar-refractivity contribution is 7.17. The van der Waals surface area contributed by atoms with Gasteiger partial charge in [0.05, 0.1) is 12.1 Å². The van der Waals surface area contributed by atoms with Crippen LogP contribution in [0.5, 0.6) is 0 Å². The SMILES string of the molecule is O=c1[nH]c(CN2CCNCC2c2ccncc2)nc2ccsc12. The molecule has 3 aromatic rings. The van der Waals surface area contributed by atoms with Crippen LogP contribution in [0.15, 0.2) is 40.8 Å². The predicted molar refractivity (Wildman–Crippen MR) is 90.5 cm³/mol. The zero-order chi connectivity index (χ0) is 15.6. The number of rotatable bonds is 3. The summed E-state index contributed by atoms with van der Waals surface area (Å²) in [4.78, 5) is 26.1. The fourth-order valence-corrected chi connectivity index (χ4v) is 3.76. The summed E-state index contributed by atoms with van der Waals surface area (Å²) in [7, 11) is 0. The molecule has 118 valence electrons. The first-order valence-electron chi connectivity index (χ1n) is 7.62. The Kier molecular flexibility index (Phi) is 3.90. The van der Waals surface area contributed by atoms with Gasteiger partial charge in [0.15, 0.2) is 0 Å². The van der Waals surface area contributed by atoms with E-state index < -0.39 is 0 Å². The van der Waals surface area contributed by atoms with E-state index in [2.05, 4.69) is 25.2 Å². The highest BCUT2D eigenvalue weighted by Crippen LogP contribution is 2.23. The summed E-state index contributed by atoms with van der Waals surface area (Å²) >= 11 is 1.43. The third-order valence-corrected chi connectivity index (χ3v) is 5.06. The normalized spacial score (nSPS) is 19.2. The average Bonchev–Trinajstić information content (AvgIpc) is 3.05. The van der Waals surface area contributed by atoms with Crippen LogP contribution in [0, 0.1) is 0 Å². The Morgan fingerprint density at radius 3 is 3.04 bits per heavy atom. The molecule has 6 nitrogen and oxygen atoms in total. The van der Waals surface area contributed by atoms with Crippen LogP contribution < -0.4 is 10.9 Å².